The average molecular weight is 300 g/mol. The van der Waals surface area contributed by atoms with Gasteiger partial charge in [-0.3, -0.25) is 9.79 Å². The molecule has 0 aromatic heterocycles. The molecule has 2 bridgehead atoms. The normalized spacial score (nSPS) is 42.8. The van der Waals surface area contributed by atoms with Gasteiger partial charge >= 0.3 is 0 Å². The molecule has 4 aliphatic rings. The Balaban J connectivity index is 1.53. The third kappa shape index (κ3) is 1.83. The lowest BCUT2D eigenvalue weighted by molar-refractivity contribution is -0.121. The van der Waals surface area contributed by atoms with Gasteiger partial charge in [0.25, 0.3) is 5.92 Å². The Bertz CT molecular complexity index is 488. The summed E-state index contributed by atoms with van der Waals surface area (Å²) in [5.41, 5.74) is 0. The molecule has 1 saturated heterocycles. The first-order valence-corrected chi connectivity index (χ1v) is 8.26. The van der Waals surface area contributed by atoms with E-state index in [9.17, 15) is 13.6 Å². The second kappa shape index (κ2) is 4.18. The number of thioether (sulfide) groups is 1. The number of carbonyl (C=O) groups excluding carboxylic acids is 1. The molecule has 1 N–H and O–H groups in total. The molecule has 3 saturated carbocycles. The predicted molar refractivity (Wildman–Crippen MR) is 73.9 cm³/mol. The first kappa shape index (κ1) is 13.0. The van der Waals surface area contributed by atoms with E-state index in [0.29, 0.717) is 11.6 Å². The number of rotatable bonds is 1. The van der Waals surface area contributed by atoms with Crippen LogP contribution < -0.4 is 5.32 Å². The van der Waals surface area contributed by atoms with Crippen LogP contribution in [0, 0.1) is 11.8 Å². The molecule has 0 aromatic carbocycles. The molecule has 1 spiro atoms. The fourth-order valence-electron chi connectivity index (χ4n) is 4.37. The molecule has 1 amide bonds. The van der Waals surface area contributed by atoms with Crippen molar-refractivity contribution >= 4 is 22.8 Å². The van der Waals surface area contributed by atoms with E-state index in [1.165, 1.54) is 11.8 Å². The third-order valence-electron chi connectivity index (χ3n) is 5.35. The minimum Gasteiger partial charge on any atom is -0.304 e. The van der Waals surface area contributed by atoms with Crippen LogP contribution in [0.3, 0.4) is 0 Å². The average Bonchev–Trinajstić information content (AvgIpc) is 3.06. The molecule has 0 aromatic rings. The van der Waals surface area contributed by atoms with Crippen molar-refractivity contribution in [3.8, 4) is 0 Å². The molecule has 3 atom stereocenters. The van der Waals surface area contributed by atoms with Crippen molar-refractivity contribution in [3.63, 3.8) is 0 Å². The van der Waals surface area contributed by atoms with Gasteiger partial charge in [-0.05, 0) is 31.6 Å². The lowest BCUT2D eigenvalue weighted by atomic mass is 9.92. The summed E-state index contributed by atoms with van der Waals surface area (Å²) in [6, 6.07) is -0.303. The maximum absolute atomic E-state index is 13.8. The van der Waals surface area contributed by atoms with Crippen LogP contribution in [-0.4, -0.2) is 27.8 Å². The Hall–Kier alpha value is -0.650. The number of hydrogen-bond acceptors (Lipinski definition) is 3. The van der Waals surface area contributed by atoms with E-state index >= 15 is 0 Å². The SMILES string of the molecule is O=C1NC(=NC2CC3CC2C(F)(F)C3)SC12CCCC2. The van der Waals surface area contributed by atoms with Crippen molar-refractivity contribution in [2.24, 2.45) is 16.8 Å². The molecule has 3 aliphatic carbocycles. The molecule has 1 aliphatic heterocycles. The highest BCUT2D eigenvalue weighted by Gasteiger charge is 2.58. The van der Waals surface area contributed by atoms with Gasteiger partial charge in [-0.1, -0.05) is 24.6 Å². The van der Waals surface area contributed by atoms with Gasteiger partial charge < -0.3 is 5.32 Å². The van der Waals surface area contributed by atoms with Crippen LogP contribution in [0.2, 0.25) is 0 Å². The van der Waals surface area contributed by atoms with Crippen LogP contribution in [0.1, 0.15) is 44.9 Å². The first-order chi connectivity index (χ1) is 9.48. The van der Waals surface area contributed by atoms with Crippen LogP contribution in [-0.2, 0) is 4.79 Å². The van der Waals surface area contributed by atoms with E-state index in [0.717, 1.165) is 32.1 Å². The third-order valence-corrected chi connectivity index (χ3v) is 6.74. The largest absolute Gasteiger partial charge is 0.304 e. The Morgan fingerprint density at radius 1 is 1.25 bits per heavy atom. The highest BCUT2D eigenvalue weighted by Crippen LogP contribution is 2.55. The summed E-state index contributed by atoms with van der Waals surface area (Å²) in [6.45, 7) is 0. The van der Waals surface area contributed by atoms with Crippen molar-refractivity contribution < 1.29 is 13.6 Å². The number of amides is 1. The number of fused-ring (bicyclic) bond motifs is 2. The van der Waals surface area contributed by atoms with E-state index in [1.807, 2.05) is 0 Å². The summed E-state index contributed by atoms with van der Waals surface area (Å²) in [5, 5.41) is 3.42. The molecule has 3 unspecified atom stereocenters. The summed E-state index contributed by atoms with van der Waals surface area (Å²) in [5.74, 6) is -3.02. The van der Waals surface area contributed by atoms with Crippen LogP contribution in [0.5, 0.6) is 0 Å². The number of alkyl halides is 2. The summed E-state index contributed by atoms with van der Waals surface area (Å²) >= 11 is 1.49. The van der Waals surface area contributed by atoms with E-state index in [4.69, 9.17) is 0 Å². The highest BCUT2D eigenvalue weighted by molar-refractivity contribution is 8.16. The summed E-state index contributed by atoms with van der Waals surface area (Å²) in [6.07, 6.45) is 5.29. The first-order valence-electron chi connectivity index (χ1n) is 7.45. The van der Waals surface area contributed by atoms with Crippen molar-refractivity contribution in [3.05, 3.63) is 0 Å². The van der Waals surface area contributed by atoms with Crippen molar-refractivity contribution in [1.82, 2.24) is 5.32 Å². The van der Waals surface area contributed by atoms with Gasteiger partial charge in [-0.15, -0.1) is 0 Å². The van der Waals surface area contributed by atoms with Crippen LogP contribution in [0.15, 0.2) is 4.99 Å². The van der Waals surface area contributed by atoms with Crippen molar-refractivity contribution in [2.45, 2.75) is 61.7 Å². The molecule has 4 fully saturated rings. The fourth-order valence-corrected chi connectivity index (χ4v) is 5.71. The Morgan fingerprint density at radius 2 is 2.00 bits per heavy atom. The number of carbonyl (C=O) groups is 1. The number of aliphatic imine (C=N–C) groups is 1. The maximum atomic E-state index is 13.8. The number of nitrogens with zero attached hydrogens (tertiary/aromatic N) is 1. The zero-order valence-corrected chi connectivity index (χ0v) is 12.0. The lowest BCUT2D eigenvalue weighted by Gasteiger charge is -2.26. The quantitative estimate of drug-likeness (QED) is 0.809. The summed E-state index contributed by atoms with van der Waals surface area (Å²) in [7, 11) is 0. The van der Waals surface area contributed by atoms with E-state index in [-0.39, 0.29) is 29.0 Å². The van der Waals surface area contributed by atoms with E-state index < -0.39 is 11.8 Å². The second-order valence-corrected chi connectivity index (χ2v) is 8.04. The number of nitrogens with one attached hydrogen (secondary N) is 1. The van der Waals surface area contributed by atoms with Crippen LogP contribution in [0.4, 0.5) is 8.78 Å². The second-order valence-electron chi connectivity index (χ2n) is 6.67. The van der Waals surface area contributed by atoms with Gasteiger partial charge in [0, 0.05) is 12.3 Å². The zero-order chi connectivity index (χ0) is 14.0. The minimum absolute atomic E-state index is 0.0302. The Morgan fingerprint density at radius 3 is 2.65 bits per heavy atom. The molecule has 6 heteroatoms. The van der Waals surface area contributed by atoms with Gasteiger partial charge in [0.05, 0.1) is 6.04 Å². The molecule has 4 rings (SSSR count). The van der Waals surface area contributed by atoms with Crippen molar-refractivity contribution in [1.29, 1.82) is 0 Å². The monoisotopic (exact) mass is 300 g/mol. The predicted octanol–water partition coefficient (Wildman–Crippen LogP) is 2.95. The number of amidine groups is 1. The smallest absolute Gasteiger partial charge is 0.253 e. The molecule has 0 radical (unpaired) electrons. The van der Waals surface area contributed by atoms with Gasteiger partial charge in [0.15, 0.2) is 5.17 Å². The highest BCUT2D eigenvalue weighted by atomic mass is 32.2. The summed E-state index contributed by atoms with van der Waals surface area (Å²) in [4.78, 5) is 16.6. The maximum Gasteiger partial charge on any atom is 0.253 e. The zero-order valence-electron chi connectivity index (χ0n) is 11.2. The topological polar surface area (TPSA) is 41.5 Å². The molecule has 110 valence electrons. The van der Waals surface area contributed by atoms with E-state index in [2.05, 4.69) is 10.3 Å². The summed E-state index contributed by atoms with van der Waals surface area (Å²) < 4.78 is 27.2. The van der Waals surface area contributed by atoms with Crippen LogP contribution in [0.25, 0.3) is 0 Å². The molecule has 3 nitrogen and oxygen atoms in total. The fraction of sp³-hybridized carbons (Fsp3) is 0.857. The van der Waals surface area contributed by atoms with E-state index in [1.54, 1.807) is 0 Å². The number of hydrogen-bond donors (Lipinski definition) is 1. The Kier molecular flexibility index (Phi) is 2.73. The van der Waals surface area contributed by atoms with Gasteiger partial charge in [-0.2, -0.15) is 0 Å². The van der Waals surface area contributed by atoms with Gasteiger partial charge in [0.1, 0.15) is 4.75 Å². The lowest BCUT2D eigenvalue weighted by Crippen LogP contribution is -2.35. The Labute approximate surface area is 121 Å². The molecule has 1 heterocycles. The van der Waals surface area contributed by atoms with Crippen molar-refractivity contribution in [2.75, 3.05) is 0 Å². The van der Waals surface area contributed by atoms with Crippen LogP contribution >= 0.6 is 11.8 Å². The molecular formula is C14H18F2N2OS. The standard InChI is InChI=1S/C14H18F2N2OS/c15-14(16)7-8-5-9(14)10(6-8)17-12-18-11(19)13(20-12)3-1-2-4-13/h8-10H,1-7H2,(H,17,18,19). The minimum atomic E-state index is -2.56. The number of halogens is 2. The molecule has 20 heavy (non-hydrogen) atoms. The van der Waals surface area contributed by atoms with Gasteiger partial charge in [-0.25, -0.2) is 8.78 Å². The van der Waals surface area contributed by atoms with Gasteiger partial charge in [0.2, 0.25) is 5.91 Å². The molecular weight excluding hydrogens is 282 g/mol.